The van der Waals surface area contributed by atoms with Gasteiger partial charge in [-0.2, -0.15) is 0 Å². The van der Waals surface area contributed by atoms with Crippen molar-refractivity contribution < 1.29 is 17.9 Å². The quantitative estimate of drug-likeness (QED) is 0.859. The number of sulfonamides is 1. The molecule has 2 rings (SSSR count). The molecular weight excluding hydrogens is 330 g/mol. The second-order valence-corrected chi connectivity index (χ2v) is 7.10. The molecule has 0 bridgehead atoms. The van der Waals surface area contributed by atoms with Crippen molar-refractivity contribution in [1.82, 2.24) is 4.98 Å². The van der Waals surface area contributed by atoms with Gasteiger partial charge in [-0.1, -0.05) is 18.2 Å². The van der Waals surface area contributed by atoms with Gasteiger partial charge in [0.25, 0.3) is 0 Å². The number of rotatable bonds is 6. The minimum Gasteiger partial charge on any atom is -0.481 e. The van der Waals surface area contributed by atoms with E-state index in [-0.39, 0.29) is 6.54 Å². The number of benzene rings is 1. The summed E-state index contributed by atoms with van der Waals surface area (Å²) in [7, 11) is -2.11. The van der Waals surface area contributed by atoms with E-state index in [1.807, 2.05) is 6.07 Å². The van der Waals surface area contributed by atoms with Gasteiger partial charge < -0.3 is 10.1 Å². The Morgan fingerprint density at radius 1 is 1.25 bits per heavy atom. The molecule has 128 valence electrons. The van der Waals surface area contributed by atoms with Gasteiger partial charge in [-0.25, -0.2) is 13.4 Å². The summed E-state index contributed by atoms with van der Waals surface area (Å²) in [6.45, 7) is 1.47. The fourth-order valence-electron chi connectivity index (χ4n) is 2.13. The third kappa shape index (κ3) is 4.45. The van der Waals surface area contributed by atoms with Gasteiger partial charge in [-0.15, -0.1) is 0 Å². The first-order chi connectivity index (χ1) is 11.3. The highest BCUT2D eigenvalue weighted by molar-refractivity contribution is 7.92. The SMILES string of the molecule is COc1ccc(NC(=O)CN(c2ccccc2C)S(C)(=O)=O)cn1. The monoisotopic (exact) mass is 349 g/mol. The van der Waals surface area contributed by atoms with Crippen LogP contribution in [0.2, 0.25) is 0 Å². The maximum Gasteiger partial charge on any atom is 0.245 e. The van der Waals surface area contributed by atoms with E-state index in [2.05, 4.69) is 10.3 Å². The second kappa shape index (κ2) is 7.31. The van der Waals surface area contributed by atoms with Crippen molar-refractivity contribution in [3.63, 3.8) is 0 Å². The van der Waals surface area contributed by atoms with Gasteiger partial charge in [0.05, 0.1) is 30.9 Å². The molecule has 0 unspecified atom stereocenters. The first-order valence-corrected chi connectivity index (χ1v) is 8.99. The van der Waals surface area contributed by atoms with E-state index in [0.717, 1.165) is 16.1 Å². The largest absolute Gasteiger partial charge is 0.481 e. The molecule has 1 aromatic heterocycles. The molecule has 0 aliphatic rings. The number of aromatic nitrogens is 1. The maximum absolute atomic E-state index is 12.2. The number of ether oxygens (including phenoxy) is 1. The van der Waals surface area contributed by atoms with Crippen LogP contribution in [0.3, 0.4) is 0 Å². The number of amides is 1. The zero-order valence-corrected chi connectivity index (χ0v) is 14.5. The molecule has 0 saturated carbocycles. The number of para-hydroxylation sites is 1. The Morgan fingerprint density at radius 3 is 2.50 bits per heavy atom. The molecule has 0 radical (unpaired) electrons. The molecule has 7 nitrogen and oxygen atoms in total. The fraction of sp³-hybridized carbons (Fsp3) is 0.250. The molecule has 0 spiro atoms. The standard InChI is InChI=1S/C16H19N3O4S/c1-12-6-4-5-7-14(12)19(24(3,21)22)11-15(20)18-13-8-9-16(23-2)17-10-13/h4-10H,11H2,1-3H3,(H,18,20). The van der Waals surface area contributed by atoms with E-state index in [1.54, 1.807) is 37.3 Å². The van der Waals surface area contributed by atoms with E-state index < -0.39 is 15.9 Å². The van der Waals surface area contributed by atoms with Gasteiger partial charge >= 0.3 is 0 Å². The average Bonchev–Trinajstić information content (AvgIpc) is 2.53. The van der Waals surface area contributed by atoms with Crippen LogP contribution in [0.1, 0.15) is 5.56 Å². The van der Waals surface area contributed by atoms with Gasteiger partial charge in [0.2, 0.25) is 21.8 Å². The molecule has 1 heterocycles. The predicted octanol–water partition coefficient (Wildman–Crippen LogP) is 1.80. The molecule has 1 aromatic carbocycles. The summed E-state index contributed by atoms with van der Waals surface area (Å²) < 4.78 is 30.2. The molecule has 0 fully saturated rings. The summed E-state index contributed by atoms with van der Waals surface area (Å²) in [6, 6.07) is 10.2. The summed E-state index contributed by atoms with van der Waals surface area (Å²) in [5.74, 6) is -0.0404. The Labute approximate surface area is 141 Å². The van der Waals surface area contributed by atoms with Crippen molar-refractivity contribution >= 4 is 27.3 Å². The van der Waals surface area contributed by atoms with E-state index in [1.165, 1.54) is 13.3 Å². The van der Waals surface area contributed by atoms with E-state index in [4.69, 9.17) is 4.74 Å². The Hall–Kier alpha value is -2.61. The average molecular weight is 349 g/mol. The third-order valence-electron chi connectivity index (χ3n) is 3.30. The summed E-state index contributed by atoms with van der Waals surface area (Å²) in [6.07, 6.45) is 2.51. The predicted molar refractivity (Wildman–Crippen MR) is 92.8 cm³/mol. The Balaban J connectivity index is 2.17. The number of pyridine rings is 1. The van der Waals surface area contributed by atoms with Crippen molar-refractivity contribution in [3.8, 4) is 5.88 Å². The lowest BCUT2D eigenvalue weighted by Crippen LogP contribution is -2.37. The smallest absolute Gasteiger partial charge is 0.245 e. The highest BCUT2D eigenvalue weighted by Crippen LogP contribution is 2.22. The van der Waals surface area contributed by atoms with Crippen LogP contribution in [-0.2, 0) is 14.8 Å². The Morgan fingerprint density at radius 2 is 1.96 bits per heavy atom. The zero-order valence-electron chi connectivity index (χ0n) is 13.7. The highest BCUT2D eigenvalue weighted by atomic mass is 32.2. The molecule has 0 aliphatic heterocycles. The number of carbonyl (C=O) groups is 1. The number of aryl methyl sites for hydroxylation is 1. The summed E-state index contributed by atoms with van der Waals surface area (Å²) in [4.78, 5) is 16.2. The minimum atomic E-state index is -3.60. The number of nitrogens with zero attached hydrogens (tertiary/aromatic N) is 2. The van der Waals surface area contributed by atoms with Crippen LogP contribution in [-0.4, -0.2) is 39.2 Å². The van der Waals surface area contributed by atoms with Crippen LogP contribution in [0.15, 0.2) is 42.6 Å². The molecule has 0 saturated heterocycles. The van der Waals surface area contributed by atoms with Gasteiger partial charge in [0.15, 0.2) is 0 Å². The lowest BCUT2D eigenvalue weighted by Gasteiger charge is -2.23. The van der Waals surface area contributed by atoms with Crippen LogP contribution >= 0.6 is 0 Å². The molecule has 1 amide bonds. The summed E-state index contributed by atoms with van der Waals surface area (Å²) in [5, 5.41) is 2.62. The van der Waals surface area contributed by atoms with Crippen LogP contribution in [0.25, 0.3) is 0 Å². The molecule has 1 N–H and O–H groups in total. The first kappa shape index (κ1) is 17.7. The van der Waals surface area contributed by atoms with Gasteiger partial charge in [0.1, 0.15) is 6.54 Å². The highest BCUT2D eigenvalue weighted by Gasteiger charge is 2.22. The molecule has 0 aliphatic carbocycles. The summed E-state index contributed by atoms with van der Waals surface area (Å²) in [5.41, 5.74) is 1.70. The van der Waals surface area contributed by atoms with Crippen molar-refractivity contribution in [2.75, 3.05) is 29.5 Å². The molecule has 24 heavy (non-hydrogen) atoms. The number of methoxy groups -OCH3 is 1. The van der Waals surface area contributed by atoms with Gasteiger partial charge in [-0.05, 0) is 24.6 Å². The van der Waals surface area contributed by atoms with E-state index >= 15 is 0 Å². The van der Waals surface area contributed by atoms with E-state index in [9.17, 15) is 13.2 Å². The topological polar surface area (TPSA) is 88.6 Å². The molecule has 0 atom stereocenters. The number of anilines is 2. The first-order valence-electron chi connectivity index (χ1n) is 7.14. The maximum atomic E-state index is 12.2. The molecule has 8 heteroatoms. The van der Waals surface area contributed by atoms with Crippen molar-refractivity contribution in [2.24, 2.45) is 0 Å². The number of hydrogen-bond donors (Lipinski definition) is 1. The third-order valence-corrected chi connectivity index (χ3v) is 4.43. The fourth-order valence-corrected chi connectivity index (χ4v) is 3.04. The normalized spacial score (nSPS) is 11.0. The van der Waals surface area contributed by atoms with E-state index in [0.29, 0.717) is 17.3 Å². The zero-order chi connectivity index (χ0) is 17.7. The van der Waals surface area contributed by atoms with Gasteiger partial charge in [0, 0.05) is 6.07 Å². The minimum absolute atomic E-state index is 0.324. The summed E-state index contributed by atoms with van der Waals surface area (Å²) >= 11 is 0. The lowest BCUT2D eigenvalue weighted by molar-refractivity contribution is -0.114. The van der Waals surface area contributed by atoms with Crippen LogP contribution in [0.5, 0.6) is 5.88 Å². The van der Waals surface area contributed by atoms with Crippen molar-refractivity contribution in [1.29, 1.82) is 0 Å². The van der Waals surface area contributed by atoms with Crippen LogP contribution in [0.4, 0.5) is 11.4 Å². The number of nitrogens with one attached hydrogen (secondary N) is 1. The number of carbonyl (C=O) groups excluding carboxylic acids is 1. The van der Waals surface area contributed by atoms with Crippen LogP contribution < -0.4 is 14.4 Å². The Bertz CT molecular complexity index is 819. The van der Waals surface area contributed by atoms with Crippen LogP contribution in [0, 0.1) is 6.92 Å². The van der Waals surface area contributed by atoms with Gasteiger partial charge in [-0.3, -0.25) is 9.10 Å². The molecule has 2 aromatic rings. The Kier molecular flexibility index (Phi) is 5.40. The van der Waals surface area contributed by atoms with Crippen molar-refractivity contribution in [2.45, 2.75) is 6.92 Å². The lowest BCUT2D eigenvalue weighted by atomic mass is 10.2. The number of hydrogen-bond acceptors (Lipinski definition) is 5. The second-order valence-electron chi connectivity index (χ2n) is 5.19. The molecular formula is C16H19N3O4S. The van der Waals surface area contributed by atoms with Crippen molar-refractivity contribution in [3.05, 3.63) is 48.2 Å².